The van der Waals surface area contributed by atoms with E-state index in [-0.39, 0.29) is 0 Å². The second-order valence-electron chi connectivity index (χ2n) is 3.52. The molecule has 0 aromatic carbocycles. The Bertz CT molecular complexity index is 271. The molecule has 1 aromatic rings. The van der Waals surface area contributed by atoms with Crippen LogP contribution in [0.4, 0.5) is 4.39 Å². The van der Waals surface area contributed by atoms with E-state index >= 15 is 0 Å². The molecule has 1 unspecified atom stereocenters. The van der Waals surface area contributed by atoms with Gasteiger partial charge in [0.25, 0.3) is 0 Å². The molecule has 0 saturated heterocycles. The van der Waals surface area contributed by atoms with Crippen molar-refractivity contribution in [2.75, 3.05) is 0 Å². The van der Waals surface area contributed by atoms with Gasteiger partial charge in [0.1, 0.15) is 0 Å². The predicted octanol–water partition coefficient (Wildman–Crippen LogP) is 3.29. The SMILES string of the molecule is CCC(F)Oc1ccc(C(C)C)cn1. The Hall–Kier alpha value is -1.12. The van der Waals surface area contributed by atoms with Crippen molar-refractivity contribution in [1.82, 2.24) is 4.98 Å². The molecule has 0 bridgehead atoms. The predicted molar refractivity (Wildman–Crippen MR) is 54.1 cm³/mol. The minimum absolute atomic E-state index is 0.341. The van der Waals surface area contributed by atoms with Crippen LogP contribution in [0.3, 0.4) is 0 Å². The maximum atomic E-state index is 12.8. The molecule has 0 N–H and O–H groups in total. The largest absolute Gasteiger partial charge is 0.443 e. The number of rotatable bonds is 4. The van der Waals surface area contributed by atoms with Crippen LogP contribution in [0.5, 0.6) is 5.88 Å². The van der Waals surface area contributed by atoms with Crippen molar-refractivity contribution < 1.29 is 9.13 Å². The average molecular weight is 197 g/mol. The van der Waals surface area contributed by atoms with Crippen LogP contribution in [-0.4, -0.2) is 11.3 Å². The Balaban J connectivity index is 2.64. The molecule has 0 spiro atoms. The van der Waals surface area contributed by atoms with Crippen molar-refractivity contribution in [1.29, 1.82) is 0 Å². The third-order valence-corrected chi connectivity index (χ3v) is 2.00. The third kappa shape index (κ3) is 2.98. The van der Waals surface area contributed by atoms with Gasteiger partial charge in [-0.3, -0.25) is 0 Å². The van der Waals surface area contributed by atoms with Gasteiger partial charge in [-0.05, 0) is 11.5 Å². The zero-order valence-electron chi connectivity index (χ0n) is 8.83. The molecule has 0 radical (unpaired) electrons. The number of alkyl halides is 1. The Kier molecular flexibility index (Phi) is 3.86. The summed E-state index contributed by atoms with van der Waals surface area (Å²) in [6, 6.07) is 3.62. The maximum absolute atomic E-state index is 12.8. The average Bonchev–Trinajstić information content (AvgIpc) is 2.18. The zero-order chi connectivity index (χ0) is 10.6. The fraction of sp³-hybridized carbons (Fsp3) is 0.545. The Labute approximate surface area is 84.1 Å². The van der Waals surface area contributed by atoms with E-state index in [9.17, 15) is 4.39 Å². The van der Waals surface area contributed by atoms with E-state index in [4.69, 9.17) is 4.74 Å². The van der Waals surface area contributed by atoms with E-state index in [1.807, 2.05) is 6.07 Å². The van der Waals surface area contributed by atoms with Gasteiger partial charge in [-0.2, -0.15) is 0 Å². The summed E-state index contributed by atoms with van der Waals surface area (Å²) in [6.45, 7) is 5.90. The van der Waals surface area contributed by atoms with Gasteiger partial charge >= 0.3 is 0 Å². The second kappa shape index (κ2) is 4.94. The summed E-state index contributed by atoms with van der Waals surface area (Å²) in [7, 11) is 0. The van der Waals surface area contributed by atoms with Gasteiger partial charge in [-0.1, -0.05) is 26.8 Å². The molecule has 0 aliphatic carbocycles. The molecular weight excluding hydrogens is 181 g/mol. The number of nitrogens with zero attached hydrogens (tertiary/aromatic N) is 1. The van der Waals surface area contributed by atoms with Gasteiger partial charge in [-0.25, -0.2) is 9.37 Å². The summed E-state index contributed by atoms with van der Waals surface area (Å²) in [6.07, 6.45) is 0.808. The van der Waals surface area contributed by atoms with Gasteiger partial charge in [0.2, 0.25) is 12.2 Å². The monoisotopic (exact) mass is 197 g/mol. The van der Waals surface area contributed by atoms with E-state index in [0.717, 1.165) is 5.56 Å². The van der Waals surface area contributed by atoms with E-state index < -0.39 is 6.36 Å². The first kappa shape index (κ1) is 11.0. The minimum atomic E-state index is -1.26. The maximum Gasteiger partial charge on any atom is 0.240 e. The number of halogens is 1. The topological polar surface area (TPSA) is 22.1 Å². The quantitative estimate of drug-likeness (QED) is 0.738. The summed E-state index contributed by atoms with van der Waals surface area (Å²) in [4.78, 5) is 4.03. The fourth-order valence-electron chi connectivity index (χ4n) is 1.02. The van der Waals surface area contributed by atoms with Crippen molar-refractivity contribution in [3.8, 4) is 5.88 Å². The van der Waals surface area contributed by atoms with Crippen molar-refractivity contribution in [3.05, 3.63) is 23.9 Å². The third-order valence-electron chi connectivity index (χ3n) is 2.00. The van der Waals surface area contributed by atoms with Crippen molar-refractivity contribution >= 4 is 0 Å². The Morgan fingerprint density at radius 3 is 2.57 bits per heavy atom. The molecular formula is C11H16FNO. The highest BCUT2D eigenvalue weighted by Gasteiger charge is 2.06. The number of aromatic nitrogens is 1. The van der Waals surface area contributed by atoms with Crippen molar-refractivity contribution in [2.24, 2.45) is 0 Å². The molecule has 0 saturated carbocycles. The summed E-state index contributed by atoms with van der Waals surface area (Å²) in [5.41, 5.74) is 1.13. The molecule has 0 fully saturated rings. The van der Waals surface area contributed by atoms with Crippen LogP contribution in [0.15, 0.2) is 18.3 Å². The van der Waals surface area contributed by atoms with E-state index in [2.05, 4.69) is 18.8 Å². The minimum Gasteiger partial charge on any atom is -0.443 e. The molecule has 2 nitrogen and oxygen atoms in total. The second-order valence-corrected chi connectivity index (χ2v) is 3.52. The standard InChI is InChI=1S/C11H16FNO/c1-4-10(12)14-11-6-5-9(7-13-11)8(2)3/h5-8,10H,4H2,1-3H3. The van der Waals surface area contributed by atoms with Crippen LogP contribution in [0, 0.1) is 0 Å². The molecule has 78 valence electrons. The molecule has 1 rings (SSSR count). The fourth-order valence-corrected chi connectivity index (χ4v) is 1.02. The lowest BCUT2D eigenvalue weighted by Crippen LogP contribution is -2.09. The highest BCUT2D eigenvalue weighted by molar-refractivity contribution is 5.20. The van der Waals surface area contributed by atoms with Gasteiger partial charge in [0.05, 0.1) is 0 Å². The number of ether oxygens (including phenoxy) is 1. The molecule has 1 atom stereocenters. The van der Waals surface area contributed by atoms with Gasteiger partial charge in [-0.15, -0.1) is 0 Å². The van der Waals surface area contributed by atoms with Crippen LogP contribution in [0.25, 0.3) is 0 Å². The van der Waals surface area contributed by atoms with Crippen molar-refractivity contribution in [2.45, 2.75) is 39.5 Å². The Morgan fingerprint density at radius 1 is 1.43 bits per heavy atom. The van der Waals surface area contributed by atoms with E-state index in [0.29, 0.717) is 18.2 Å². The summed E-state index contributed by atoms with van der Waals surface area (Å²) in [5, 5.41) is 0. The summed E-state index contributed by atoms with van der Waals surface area (Å²) >= 11 is 0. The molecule has 1 aromatic heterocycles. The first-order valence-electron chi connectivity index (χ1n) is 4.90. The highest BCUT2D eigenvalue weighted by Crippen LogP contribution is 2.16. The first-order chi connectivity index (χ1) is 6.63. The van der Waals surface area contributed by atoms with Crippen LogP contribution in [-0.2, 0) is 0 Å². The molecule has 14 heavy (non-hydrogen) atoms. The Morgan fingerprint density at radius 2 is 2.14 bits per heavy atom. The summed E-state index contributed by atoms with van der Waals surface area (Å²) < 4.78 is 17.7. The van der Waals surface area contributed by atoms with Gasteiger partial charge < -0.3 is 4.74 Å². The first-order valence-corrected chi connectivity index (χ1v) is 4.90. The molecule has 0 aliphatic heterocycles. The highest BCUT2D eigenvalue weighted by atomic mass is 19.1. The smallest absolute Gasteiger partial charge is 0.240 e. The normalized spacial score (nSPS) is 12.9. The molecule has 0 aliphatic rings. The molecule has 1 heterocycles. The lowest BCUT2D eigenvalue weighted by atomic mass is 10.1. The number of pyridine rings is 1. The van der Waals surface area contributed by atoms with Crippen LogP contribution in [0.1, 0.15) is 38.7 Å². The van der Waals surface area contributed by atoms with Crippen LogP contribution in [0.2, 0.25) is 0 Å². The molecule has 0 amide bonds. The van der Waals surface area contributed by atoms with Crippen LogP contribution < -0.4 is 4.74 Å². The number of hydrogen-bond donors (Lipinski definition) is 0. The zero-order valence-corrected chi connectivity index (χ0v) is 8.83. The van der Waals surface area contributed by atoms with E-state index in [1.165, 1.54) is 0 Å². The number of hydrogen-bond acceptors (Lipinski definition) is 2. The van der Waals surface area contributed by atoms with Gasteiger partial charge in [0, 0.05) is 18.7 Å². The van der Waals surface area contributed by atoms with Gasteiger partial charge in [0.15, 0.2) is 0 Å². The lowest BCUT2D eigenvalue weighted by molar-refractivity contribution is 0.0595. The molecule has 3 heteroatoms. The summed E-state index contributed by atoms with van der Waals surface area (Å²) in [5.74, 6) is 0.785. The van der Waals surface area contributed by atoms with Crippen LogP contribution >= 0.6 is 0 Å². The van der Waals surface area contributed by atoms with E-state index in [1.54, 1.807) is 19.2 Å². The van der Waals surface area contributed by atoms with Crippen molar-refractivity contribution in [3.63, 3.8) is 0 Å². The lowest BCUT2D eigenvalue weighted by Gasteiger charge is -2.09.